The average Bonchev–Trinajstić information content (AvgIpc) is 2.51. The predicted molar refractivity (Wildman–Crippen MR) is 101 cm³/mol. The fraction of sp³-hybridized carbons (Fsp3) is 0.650. The van der Waals surface area contributed by atoms with Crippen LogP contribution in [0.5, 0.6) is 0 Å². The number of fused-ring (bicyclic) bond motifs is 1. The molecule has 0 bridgehead atoms. The Morgan fingerprint density at radius 2 is 2.00 bits per heavy atom. The van der Waals surface area contributed by atoms with Gasteiger partial charge in [0, 0.05) is 6.54 Å². The Morgan fingerprint density at radius 3 is 2.52 bits per heavy atom. The van der Waals surface area contributed by atoms with Gasteiger partial charge >= 0.3 is 6.09 Å². The molecule has 1 aliphatic heterocycles. The fourth-order valence-corrected chi connectivity index (χ4v) is 3.32. The number of rotatable bonds is 3. The van der Waals surface area contributed by atoms with Gasteiger partial charge in [0.2, 0.25) is 0 Å². The number of nitrogens with zero attached hydrogens (tertiary/aromatic N) is 2. The second-order valence-corrected chi connectivity index (χ2v) is 8.47. The molecule has 2 rings (SSSR count). The van der Waals surface area contributed by atoms with Crippen LogP contribution in [0.15, 0.2) is 17.3 Å². The highest BCUT2D eigenvalue weighted by atomic mass is 16.6. The molecule has 0 spiro atoms. The van der Waals surface area contributed by atoms with Crippen molar-refractivity contribution in [3.63, 3.8) is 0 Å². The number of hydrogen-bond donors (Lipinski definition) is 0. The van der Waals surface area contributed by atoms with Crippen molar-refractivity contribution in [2.75, 3.05) is 11.4 Å². The maximum Gasteiger partial charge on any atom is 0.414 e. The second kappa shape index (κ2) is 6.77. The number of benzene rings is 1. The van der Waals surface area contributed by atoms with Crippen LogP contribution in [0.2, 0.25) is 0 Å². The van der Waals surface area contributed by atoms with E-state index in [1.54, 1.807) is 11.8 Å². The molecular formula is C20H30N2O3. The number of nitroso groups, excluding NO2 is 1. The van der Waals surface area contributed by atoms with Crippen LogP contribution in [0.25, 0.3) is 0 Å². The molecule has 0 fully saturated rings. The first-order valence-electron chi connectivity index (χ1n) is 9.00. The summed E-state index contributed by atoms with van der Waals surface area (Å²) in [6.45, 7) is 14.4. The van der Waals surface area contributed by atoms with Crippen LogP contribution in [0.1, 0.15) is 77.6 Å². The number of carbonyl (C=O) groups is 1. The topological polar surface area (TPSA) is 59.0 Å². The average molecular weight is 346 g/mol. The van der Waals surface area contributed by atoms with Gasteiger partial charge in [0.15, 0.2) is 0 Å². The summed E-state index contributed by atoms with van der Waals surface area (Å²) in [5.41, 5.74) is 3.39. The van der Waals surface area contributed by atoms with Crippen molar-refractivity contribution >= 4 is 11.8 Å². The van der Waals surface area contributed by atoms with Crippen molar-refractivity contribution in [1.82, 2.24) is 0 Å². The minimum atomic E-state index is -0.548. The molecule has 1 aromatic rings. The maximum absolute atomic E-state index is 12.7. The molecule has 5 nitrogen and oxygen atoms in total. The molecule has 0 aromatic heterocycles. The van der Waals surface area contributed by atoms with Crippen LogP contribution in [0, 0.1) is 4.91 Å². The van der Waals surface area contributed by atoms with Gasteiger partial charge in [0.1, 0.15) is 11.6 Å². The molecule has 1 aromatic carbocycles. The summed E-state index contributed by atoms with van der Waals surface area (Å²) < 4.78 is 5.59. The highest BCUT2D eigenvalue weighted by molar-refractivity contribution is 5.90. The van der Waals surface area contributed by atoms with Crippen LogP contribution in [0.3, 0.4) is 0 Å². The van der Waals surface area contributed by atoms with E-state index in [1.165, 1.54) is 0 Å². The molecule has 0 radical (unpaired) electrons. The highest BCUT2D eigenvalue weighted by Gasteiger charge is 2.36. The largest absolute Gasteiger partial charge is 0.443 e. The Labute approximate surface area is 150 Å². The zero-order valence-electron chi connectivity index (χ0n) is 16.5. The lowest BCUT2D eigenvalue weighted by molar-refractivity contribution is 0.0574. The smallest absolute Gasteiger partial charge is 0.414 e. The van der Waals surface area contributed by atoms with E-state index >= 15 is 0 Å². The van der Waals surface area contributed by atoms with Crippen molar-refractivity contribution in [2.24, 2.45) is 5.18 Å². The van der Waals surface area contributed by atoms with Crippen molar-refractivity contribution < 1.29 is 9.53 Å². The lowest BCUT2D eigenvalue weighted by atomic mass is 9.76. The lowest BCUT2D eigenvalue weighted by Crippen LogP contribution is -2.43. The molecule has 138 valence electrons. The Morgan fingerprint density at radius 1 is 1.36 bits per heavy atom. The maximum atomic E-state index is 12.7. The molecule has 0 aliphatic carbocycles. The molecule has 5 heteroatoms. The first-order chi connectivity index (χ1) is 11.5. The van der Waals surface area contributed by atoms with Crippen molar-refractivity contribution in [3.8, 4) is 0 Å². The number of ether oxygens (including phenoxy) is 1. The van der Waals surface area contributed by atoms with E-state index in [1.807, 2.05) is 26.8 Å². The monoisotopic (exact) mass is 346 g/mol. The minimum absolute atomic E-state index is 0.0336. The number of hydrogen-bond acceptors (Lipinski definition) is 4. The van der Waals surface area contributed by atoms with Crippen molar-refractivity contribution in [3.05, 3.63) is 33.7 Å². The third kappa shape index (κ3) is 4.02. The summed E-state index contributed by atoms with van der Waals surface area (Å²) in [6, 6.07) is 3.67. The first-order valence-corrected chi connectivity index (χ1v) is 9.00. The van der Waals surface area contributed by atoms with Crippen LogP contribution in [0.4, 0.5) is 10.5 Å². The Balaban J connectivity index is 2.58. The van der Waals surface area contributed by atoms with E-state index in [2.05, 4.69) is 32.0 Å². The van der Waals surface area contributed by atoms with Crippen LogP contribution < -0.4 is 4.90 Å². The molecule has 0 saturated carbocycles. The lowest BCUT2D eigenvalue weighted by Gasteiger charge is -2.40. The van der Waals surface area contributed by atoms with Gasteiger partial charge in [0.05, 0.1) is 5.69 Å². The van der Waals surface area contributed by atoms with Crippen LogP contribution in [-0.4, -0.2) is 18.2 Å². The fourth-order valence-electron chi connectivity index (χ4n) is 3.32. The Bertz CT molecular complexity index is 674. The predicted octanol–water partition coefficient (Wildman–Crippen LogP) is 5.50. The SMILES string of the molecule is CCc1cc2c(cc1C(C)N=O)N(C(=O)OC(C)(C)C)CCC2(C)C. The van der Waals surface area contributed by atoms with Gasteiger partial charge in [-0.15, -0.1) is 0 Å². The molecule has 1 aliphatic rings. The normalized spacial score (nSPS) is 17.6. The Kier molecular flexibility index (Phi) is 5.26. The third-order valence-corrected chi connectivity index (χ3v) is 4.84. The molecule has 1 amide bonds. The highest BCUT2D eigenvalue weighted by Crippen LogP contribution is 2.43. The second-order valence-electron chi connectivity index (χ2n) is 8.47. The van der Waals surface area contributed by atoms with Crippen molar-refractivity contribution in [1.29, 1.82) is 0 Å². The molecule has 1 heterocycles. The van der Waals surface area contributed by atoms with E-state index in [0.717, 1.165) is 35.2 Å². The summed E-state index contributed by atoms with van der Waals surface area (Å²) in [5, 5.41) is 3.20. The quantitative estimate of drug-likeness (QED) is 0.679. The summed E-state index contributed by atoms with van der Waals surface area (Å²) in [4.78, 5) is 25.5. The van der Waals surface area contributed by atoms with Crippen molar-refractivity contribution in [2.45, 2.75) is 78.4 Å². The standard InChI is InChI=1S/C20H30N2O3/c1-8-14-11-16-17(12-15(14)13(2)21-24)22(10-9-20(16,6)7)18(23)25-19(3,4)5/h11-13H,8-10H2,1-7H3. The molecule has 1 unspecified atom stereocenters. The van der Waals surface area contributed by atoms with Gasteiger partial charge in [-0.1, -0.05) is 32.0 Å². The van der Waals surface area contributed by atoms with E-state index in [0.29, 0.717) is 6.54 Å². The van der Waals surface area contributed by atoms with Gasteiger partial charge in [0.25, 0.3) is 0 Å². The molecular weight excluding hydrogens is 316 g/mol. The van der Waals surface area contributed by atoms with Gasteiger partial charge in [-0.3, -0.25) is 4.90 Å². The number of amides is 1. The molecule has 1 atom stereocenters. The number of anilines is 1. The Hall–Kier alpha value is -1.91. The van der Waals surface area contributed by atoms with E-state index in [-0.39, 0.29) is 11.5 Å². The van der Waals surface area contributed by atoms with E-state index < -0.39 is 11.6 Å². The van der Waals surface area contributed by atoms with E-state index in [4.69, 9.17) is 4.74 Å². The summed E-state index contributed by atoms with van der Waals surface area (Å²) in [6.07, 6.45) is 1.35. The zero-order valence-corrected chi connectivity index (χ0v) is 16.5. The first kappa shape index (κ1) is 19.4. The minimum Gasteiger partial charge on any atom is -0.443 e. The van der Waals surface area contributed by atoms with Gasteiger partial charge in [-0.2, -0.15) is 4.91 Å². The summed E-state index contributed by atoms with van der Waals surface area (Å²) >= 11 is 0. The summed E-state index contributed by atoms with van der Waals surface area (Å²) in [5.74, 6) is 0. The number of aryl methyl sites for hydroxylation is 1. The van der Waals surface area contributed by atoms with Gasteiger partial charge < -0.3 is 4.74 Å². The van der Waals surface area contributed by atoms with E-state index in [9.17, 15) is 9.70 Å². The number of carbonyl (C=O) groups excluding carboxylic acids is 1. The molecule has 25 heavy (non-hydrogen) atoms. The zero-order chi connectivity index (χ0) is 19.0. The third-order valence-electron chi connectivity index (χ3n) is 4.84. The molecule has 0 N–H and O–H groups in total. The van der Waals surface area contributed by atoms with Gasteiger partial charge in [-0.05, 0) is 68.7 Å². The van der Waals surface area contributed by atoms with Crippen LogP contribution >= 0.6 is 0 Å². The summed E-state index contributed by atoms with van der Waals surface area (Å²) in [7, 11) is 0. The van der Waals surface area contributed by atoms with Crippen LogP contribution in [-0.2, 0) is 16.6 Å². The molecule has 0 saturated heterocycles. The van der Waals surface area contributed by atoms with Gasteiger partial charge in [-0.25, -0.2) is 4.79 Å².